The number of pyridine rings is 1. The van der Waals surface area contributed by atoms with Crippen LogP contribution in [0.15, 0.2) is 59.5 Å². The molecule has 1 heterocycles. The lowest BCUT2D eigenvalue weighted by Crippen LogP contribution is -2.43. The maximum absolute atomic E-state index is 12.0. The van der Waals surface area contributed by atoms with Crippen molar-refractivity contribution >= 4 is 17.7 Å². The summed E-state index contributed by atoms with van der Waals surface area (Å²) in [5.74, 6) is -1.48. The van der Waals surface area contributed by atoms with Crippen molar-refractivity contribution in [1.29, 1.82) is 0 Å². The molecule has 7 heteroatoms. The Morgan fingerprint density at radius 1 is 1.08 bits per heavy atom. The van der Waals surface area contributed by atoms with Gasteiger partial charge in [0.05, 0.1) is 6.04 Å². The number of nitrogens with zero attached hydrogens (tertiary/aromatic N) is 1. The van der Waals surface area contributed by atoms with Gasteiger partial charge in [0.1, 0.15) is 6.54 Å². The van der Waals surface area contributed by atoms with Crippen LogP contribution in [0.25, 0.3) is 0 Å². The van der Waals surface area contributed by atoms with Gasteiger partial charge < -0.3 is 14.6 Å². The van der Waals surface area contributed by atoms with E-state index >= 15 is 0 Å². The fraction of sp³-hybridized carbons (Fsp3) is 0.263. The molecule has 1 amide bonds. The minimum atomic E-state index is -0.712. The first kappa shape index (κ1) is 19.1. The largest absolute Gasteiger partial charge is 0.454 e. The van der Waals surface area contributed by atoms with Gasteiger partial charge in [0.15, 0.2) is 12.4 Å². The second-order valence-corrected chi connectivity index (χ2v) is 5.75. The number of esters is 1. The number of Topliss-reactive ketones (excluding diaryl/α,β-unsaturated/α-hetero) is 1. The summed E-state index contributed by atoms with van der Waals surface area (Å²) in [4.78, 5) is 47.0. The summed E-state index contributed by atoms with van der Waals surface area (Å²) in [5, 5.41) is 2.56. The average molecular weight is 356 g/mol. The van der Waals surface area contributed by atoms with Gasteiger partial charge in [0.25, 0.3) is 11.5 Å². The van der Waals surface area contributed by atoms with Crippen molar-refractivity contribution in [1.82, 2.24) is 9.88 Å². The molecule has 0 fully saturated rings. The van der Waals surface area contributed by atoms with Gasteiger partial charge in [-0.3, -0.25) is 19.2 Å². The number of carbonyl (C=O) groups excluding carboxylic acids is 3. The summed E-state index contributed by atoms with van der Waals surface area (Å²) in [5.41, 5.74) is 0.571. The zero-order valence-corrected chi connectivity index (χ0v) is 14.4. The zero-order valence-electron chi connectivity index (χ0n) is 14.4. The molecule has 7 nitrogen and oxygen atoms in total. The maximum Gasteiger partial charge on any atom is 0.326 e. The first-order valence-electron chi connectivity index (χ1n) is 8.10. The molecule has 0 aliphatic rings. The molecule has 0 unspecified atom stereocenters. The van der Waals surface area contributed by atoms with Crippen LogP contribution in [0.4, 0.5) is 0 Å². The molecule has 0 aliphatic heterocycles. The van der Waals surface area contributed by atoms with E-state index in [1.807, 2.05) is 30.3 Å². The van der Waals surface area contributed by atoms with Crippen molar-refractivity contribution < 1.29 is 19.1 Å². The van der Waals surface area contributed by atoms with Crippen molar-refractivity contribution in [3.63, 3.8) is 0 Å². The van der Waals surface area contributed by atoms with E-state index in [2.05, 4.69) is 5.32 Å². The monoisotopic (exact) mass is 356 g/mol. The first-order chi connectivity index (χ1) is 12.5. The molecule has 0 bridgehead atoms. The molecule has 26 heavy (non-hydrogen) atoms. The van der Waals surface area contributed by atoms with Gasteiger partial charge in [-0.2, -0.15) is 0 Å². The van der Waals surface area contributed by atoms with Gasteiger partial charge in [0.2, 0.25) is 0 Å². The van der Waals surface area contributed by atoms with E-state index in [-0.39, 0.29) is 17.9 Å². The lowest BCUT2D eigenvalue weighted by molar-refractivity contribution is -0.149. The zero-order chi connectivity index (χ0) is 18.9. The van der Waals surface area contributed by atoms with E-state index in [0.29, 0.717) is 6.42 Å². The van der Waals surface area contributed by atoms with Gasteiger partial charge in [-0.1, -0.05) is 36.4 Å². The predicted octanol–water partition coefficient (Wildman–Crippen LogP) is 0.708. The number of ketones is 1. The Hall–Kier alpha value is -3.22. The molecular weight excluding hydrogens is 336 g/mol. The number of carbonyl (C=O) groups is 3. The fourth-order valence-corrected chi connectivity index (χ4v) is 2.30. The van der Waals surface area contributed by atoms with E-state index in [9.17, 15) is 19.2 Å². The van der Waals surface area contributed by atoms with Crippen LogP contribution >= 0.6 is 0 Å². The highest BCUT2D eigenvalue weighted by molar-refractivity contribution is 5.88. The third-order valence-corrected chi connectivity index (χ3v) is 3.67. The van der Waals surface area contributed by atoms with E-state index in [4.69, 9.17) is 4.74 Å². The lowest BCUT2D eigenvalue weighted by atomic mass is 10.0. The second kappa shape index (κ2) is 9.31. The highest BCUT2D eigenvalue weighted by Gasteiger charge is 2.18. The van der Waals surface area contributed by atoms with Gasteiger partial charge >= 0.3 is 5.97 Å². The van der Waals surface area contributed by atoms with E-state index in [0.717, 1.165) is 5.56 Å². The highest BCUT2D eigenvalue weighted by Crippen LogP contribution is 2.04. The SMILES string of the molecule is CC(=O)[C@H](Cc1ccccc1)NC(=O)COC(=O)Cn1ccccc1=O. The molecule has 0 radical (unpaired) electrons. The molecule has 1 atom stereocenters. The number of hydrogen-bond acceptors (Lipinski definition) is 5. The standard InChI is InChI=1S/C19H20N2O5/c1-14(22)16(11-15-7-3-2-4-8-15)20-17(23)13-26-19(25)12-21-10-6-5-9-18(21)24/h2-10,16H,11-13H2,1H3,(H,20,23)/t16-/m0/s1. The van der Waals surface area contributed by atoms with Crippen LogP contribution < -0.4 is 10.9 Å². The number of benzene rings is 1. The molecule has 2 aromatic rings. The Balaban J connectivity index is 1.84. The van der Waals surface area contributed by atoms with Crippen molar-refractivity contribution in [2.75, 3.05) is 6.61 Å². The van der Waals surface area contributed by atoms with Crippen LogP contribution in [-0.4, -0.2) is 34.9 Å². The second-order valence-electron chi connectivity index (χ2n) is 5.75. The van der Waals surface area contributed by atoms with Crippen molar-refractivity contribution in [3.05, 3.63) is 70.6 Å². The average Bonchev–Trinajstić information content (AvgIpc) is 2.62. The third-order valence-electron chi connectivity index (χ3n) is 3.67. The minimum Gasteiger partial charge on any atom is -0.454 e. The van der Waals surface area contributed by atoms with Crippen LogP contribution in [0.5, 0.6) is 0 Å². The Kier molecular flexibility index (Phi) is 6.84. The van der Waals surface area contributed by atoms with Gasteiger partial charge in [-0.15, -0.1) is 0 Å². The van der Waals surface area contributed by atoms with Crippen LogP contribution in [0.2, 0.25) is 0 Å². The number of nitrogens with one attached hydrogen (secondary N) is 1. The number of ether oxygens (including phenoxy) is 1. The number of hydrogen-bond donors (Lipinski definition) is 1. The highest BCUT2D eigenvalue weighted by atomic mass is 16.5. The summed E-state index contributed by atoms with van der Waals surface area (Å²) in [6.45, 7) is 0.591. The Bertz CT molecular complexity index is 829. The first-order valence-corrected chi connectivity index (χ1v) is 8.10. The Labute approximate surface area is 150 Å². The summed E-state index contributed by atoms with van der Waals surface area (Å²) in [7, 11) is 0. The summed E-state index contributed by atoms with van der Waals surface area (Å²) in [6, 6.07) is 13.1. The molecule has 2 rings (SSSR count). The molecule has 0 spiro atoms. The normalized spacial score (nSPS) is 11.4. The van der Waals surface area contributed by atoms with Gasteiger partial charge in [-0.25, -0.2) is 0 Å². The van der Waals surface area contributed by atoms with Crippen LogP contribution in [0, 0.1) is 0 Å². The number of rotatable bonds is 8. The van der Waals surface area contributed by atoms with Gasteiger partial charge in [-0.05, 0) is 25.0 Å². The molecule has 136 valence electrons. The van der Waals surface area contributed by atoms with E-state index in [1.54, 1.807) is 12.1 Å². The van der Waals surface area contributed by atoms with Crippen LogP contribution in [0.1, 0.15) is 12.5 Å². The molecule has 0 saturated heterocycles. The Morgan fingerprint density at radius 3 is 2.42 bits per heavy atom. The molecule has 0 aliphatic carbocycles. The summed E-state index contributed by atoms with van der Waals surface area (Å²) in [6.07, 6.45) is 1.81. The quantitative estimate of drug-likeness (QED) is 0.703. The Morgan fingerprint density at radius 2 is 1.77 bits per heavy atom. The van der Waals surface area contributed by atoms with Crippen molar-refractivity contribution in [2.24, 2.45) is 0 Å². The minimum absolute atomic E-state index is 0.190. The number of amides is 1. The fourth-order valence-electron chi connectivity index (χ4n) is 2.30. The van der Waals surface area contributed by atoms with Crippen molar-refractivity contribution in [2.45, 2.75) is 25.9 Å². The van der Waals surface area contributed by atoms with E-state index in [1.165, 1.54) is 23.8 Å². The smallest absolute Gasteiger partial charge is 0.326 e. The molecule has 1 aromatic heterocycles. The third kappa shape index (κ3) is 6.01. The number of aromatic nitrogens is 1. The van der Waals surface area contributed by atoms with Crippen molar-refractivity contribution in [3.8, 4) is 0 Å². The maximum atomic E-state index is 12.0. The van der Waals surface area contributed by atoms with E-state index < -0.39 is 24.5 Å². The molecule has 0 saturated carbocycles. The van der Waals surface area contributed by atoms with Crippen LogP contribution in [-0.2, 0) is 32.1 Å². The molecule has 1 N–H and O–H groups in total. The molecule has 1 aromatic carbocycles. The van der Waals surface area contributed by atoms with Crippen LogP contribution in [0.3, 0.4) is 0 Å². The van der Waals surface area contributed by atoms with Gasteiger partial charge in [0, 0.05) is 12.3 Å². The summed E-state index contributed by atoms with van der Waals surface area (Å²) < 4.78 is 6.05. The summed E-state index contributed by atoms with van der Waals surface area (Å²) >= 11 is 0. The lowest BCUT2D eigenvalue weighted by Gasteiger charge is -2.16. The molecular formula is C19H20N2O5. The topological polar surface area (TPSA) is 94.5 Å². The predicted molar refractivity (Wildman–Crippen MR) is 94.4 cm³/mol.